The van der Waals surface area contributed by atoms with Crippen molar-refractivity contribution in [3.05, 3.63) is 29.8 Å². The minimum atomic E-state index is -0.260. The second-order valence-electron chi connectivity index (χ2n) is 5.43. The van der Waals surface area contributed by atoms with Gasteiger partial charge >= 0.3 is 0 Å². The van der Waals surface area contributed by atoms with Crippen molar-refractivity contribution in [3.63, 3.8) is 0 Å². The molecule has 1 aliphatic carbocycles. The van der Waals surface area contributed by atoms with Crippen molar-refractivity contribution in [2.45, 2.75) is 37.8 Å². The van der Waals surface area contributed by atoms with Crippen molar-refractivity contribution in [3.8, 4) is 0 Å². The van der Waals surface area contributed by atoms with E-state index in [0.717, 1.165) is 30.7 Å². The summed E-state index contributed by atoms with van der Waals surface area (Å²) >= 11 is 5.86. The van der Waals surface area contributed by atoms with Crippen molar-refractivity contribution >= 4 is 22.6 Å². The average molecular weight is 297 g/mol. The largest absolute Gasteiger partial charge is 0.376 e. The fourth-order valence-electron chi connectivity index (χ4n) is 2.89. The molecule has 0 unspecified atom stereocenters. The lowest BCUT2D eigenvalue weighted by molar-refractivity contribution is -0.0832. The maximum atomic E-state index is 13.3. The van der Waals surface area contributed by atoms with Crippen molar-refractivity contribution in [1.82, 2.24) is 9.55 Å². The molecule has 3 nitrogen and oxygen atoms in total. The molecule has 2 aromatic rings. The molecule has 0 amide bonds. The Bertz CT molecular complexity index is 616. The van der Waals surface area contributed by atoms with E-state index in [1.165, 1.54) is 18.6 Å². The first-order chi connectivity index (χ1) is 9.67. The zero-order valence-corrected chi connectivity index (χ0v) is 12.3. The highest BCUT2D eigenvalue weighted by Gasteiger charge is 2.38. The van der Waals surface area contributed by atoms with Gasteiger partial charge in [0.1, 0.15) is 11.6 Å². The van der Waals surface area contributed by atoms with E-state index in [-0.39, 0.29) is 11.4 Å². The number of imidazole rings is 1. The van der Waals surface area contributed by atoms with Gasteiger partial charge in [-0.15, -0.1) is 11.6 Å². The van der Waals surface area contributed by atoms with Crippen LogP contribution in [0.25, 0.3) is 11.0 Å². The van der Waals surface area contributed by atoms with Crippen molar-refractivity contribution in [1.29, 1.82) is 0 Å². The fourth-order valence-corrected chi connectivity index (χ4v) is 3.06. The van der Waals surface area contributed by atoms with Gasteiger partial charge in [0.25, 0.3) is 0 Å². The molecule has 0 atom stereocenters. The molecule has 1 saturated carbocycles. The van der Waals surface area contributed by atoms with E-state index in [1.807, 2.05) is 0 Å². The third kappa shape index (κ3) is 2.31. The Morgan fingerprint density at radius 2 is 2.25 bits per heavy atom. The first-order valence-corrected chi connectivity index (χ1v) is 7.47. The van der Waals surface area contributed by atoms with E-state index < -0.39 is 0 Å². The van der Waals surface area contributed by atoms with Crippen LogP contribution in [0.1, 0.15) is 25.1 Å². The first-order valence-electron chi connectivity index (χ1n) is 6.93. The SMILES string of the molecule is COC1(Cn2c(CCCl)nc3cc(F)ccc32)CCC1. The number of nitrogens with zero attached hydrogens (tertiary/aromatic N) is 2. The summed E-state index contributed by atoms with van der Waals surface area (Å²) in [4.78, 5) is 4.52. The third-order valence-corrected chi connectivity index (χ3v) is 4.44. The molecule has 0 saturated heterocycles. The zero-order chi connectivity index (χ0) is 14.2. The highest BCUT2D eigenvalue weighted by molar-refractivity contribution is 6.17. The fraction of sp³-hybridized carbons (Fsp3) is 0.533. The van der Waals surface area contributed by atoms with E-state index >= 15 is 0 Å². The highest BCUT2D eigenvalue weighted by Crippen LogP contribution is 2.37. The number of alkyl halides is 1. The molecule has 20 heavy (non-hydrogen) atoms. The summed E-state index contributed by atoms with van der Waals surface area (Å²) in [7, 11) is 1.76. The van der Waals surface area contributed by atoms with Crippen LogP contribution in [-0.4, -0.2) is 28.1 Å². The number of aryl methyl sites for hydroxylation is 1. The van der Waals surface area contributed by atoms with Gasteiger partial charge in [-0.1, -0.05) is 0 Å². The molecule has 0 spiro atoms. The molecule has 108 valence electrons. The smallest absolute Gasteiger partial charge is 0.125 e. The van der Waals surface area contributed by atoms with Gasteiger partial charge in [-0.05, 0) is 31.4 Å². The Kier molecular flexibility index (Phi) is 3.69. The van der Waals surface area contributed by atoms with Gasteiger partial charge in [0.2, 0.25) is 0 Å². The predicted molar refractivity (Wildman–Crippen MR) is 77.7 cm³/mol. The second-order valence-corrected chi connectivity index (χ2v) is 5.80. The van der Waals surface area contributed by atoms with Gasteiger partial charge in [0.15, 0.2) is 0 Å². The Hall–Kier alpha value is -1.13. The molecular formula is C15H18ClFN2O. The molecule has 0 bridgehead atoms. The molecule has 1 aromatic heterocycles. The number of benzene rings is 1. The molecule has 0 N–H and O–H groups in total. The molecule has 0 aliphatic heterocycles. The quantitative estimate of drug-likeness (QED) is 0.789. The molecule has 1 aromatic carbocycles. The van der Waals surface area contributed by atoms with Crippen LogP contribution in [-0.2, 0) is 17.7 Å². The van der Waals surface area contributed by atoms with Gasteiger partial charge < -0.3 is 9.30 Å². The molecule has 3 rings (SSSR count). The average Bonchev–Trinajstić information content (AvgIpc) is 2.71. The van der Waals surface area contributed by atoms with Crippen molar-refractivity contribution in [2.75, 3.05) is 13.0 Å². The summed E-state index contributed by atoms with van der Waals surface area (Å²) < 4.78 is 21.2. The van der Waals surface area contributed by atoms with E-state index in [4.69, 9.17) is 16.3 Å². The number of aromatic nitrogens is 2. The van der Waals surface area contributed by atoms with Gasteiger partial charge in [0, 0.05) is 25.5 Å². The van der Waals surface area contributed by atoms with Crippen LogP contribution >= 0.6 is 11.6 Å². The molecule has 1 heterocycles. The Balaban J connectivity index is 2.04. The van der Waals surface area contributed by atoms with Crippen LogP contribution in [0, 0.1) is 5.82 Å². The third-order valence-electron chi connectivity index (χ3n) is 4.25. The van der Waals surface area contributed by atoms with E-state index in [2.05, 4.69) is 9.55 Å². The number of ether oxygens (including phenoxy) is 1. The molecule has 1 aliphatic rings. The lowest BCUT2D eigenvalue weighted by atomic mass is 9.80. The van der Waals surface area contributed by atoms with E-state index in [9.17, 15) is 4.39 Å². The van der Waals surface area contributed by atoms with Crippen LogP contribution in [0.2, 0.25) is 0 Å². The van der Waals surface area contributed by atoms with Crippen LogP contribution in [0.15, 0.2) is 18.2 Å². The monoisotopic (exact) mass is 296 g/mol. The maximum Gasteiger partial charge on any atom is 0.125 e. The van der Waals surface area contributed by atoms with Crippen molar-refractivity contribution < 1.29 is 9.13 Å². The standard InChI is InChI=1S/C15H18ClFN2O/c1-20-15(6-2-7-15)10-19-13-4-3-11(17)9-12(13)18-14(19)5-8-16/h3-4,9H,2,5-8,10H2,1H3. The van der Waals surface area contributed by atoms with Crippen LogP contribution < -0.4 is 0 Å². The maximum absolute atomic E-state index is 13.3. The Morgan fingerprint density at radius 1 is 1.45 bits per heavy atom. The summed E-state index contributed by atoms with van der Waals surface area (Å²) in [5.41, 5.74) is 1.55. The number of hydrogen-bond donors (Lipinski definition) is 0. The van der Waals surface area contributed by atoms with Gasteiger partial charge in [-0.2, -0.15) is 0 Å². The number of hydrogen-bond acceptors (Lipinski definition) is 2. The Labute approximate surface area is 122 Å². The summed E-state index contributed by atoms with van der Waals surface area (Å²) in [6.45, 7) is 0.762. The van der Waals surface area contributed by atoms with Crippen LogP contribution in [0.4, 0.5) is 4.39 Å². The van der Waals surface area contributed by atoms with Crippen LogP contribution in [0.5, 0.6) is 0 Å². The Morgan fingerprint density at radius 3 is 2.85 bits per heavy atom. The summed E-state index contributed by atoms with van der Waals surface area (Å²) in [6, 6.07) is 4.74. The molecule has 5 heteroatoms. The minimum Gasteiger partial charge on any atom is -0.376 e. The van der Waals surface area contributed by atoms with Gasteiger partial charge in [-0.25, -0.2) is 9.37 Å². The number of halogens is 2. The first kappa shape index (κ1) is 13.8. The van der Waals surface area contributed by atoms with E-state index in [1.54, 1.807) is 13.2 Å². The number of rotatable bonds is 5. The minimum absolute atomic E-state index is 0.0942. The summed E-state index contributed by atoms with van der Waals surface area (Å²) in [5.74, 6) is 1.15. The lowest BCUT2D eigenvalue weighted by Gasteiger charge is -2.41. The summed E-state index contributed by atoms with van der Waals surface area (Å²) in [5, 5.41) is 0. The number of fused-ring (bicyclic) bond motifs is 1. The van der Waals surface area contributed by atoms with E-state index in [0.29, 0.717) is 17.8 Å². The normalized spacial score (nSPS) is 17.4. The molecule has 0 radical (unpaired) electrons. The van der Waals surface area contributed by atoms with Gasteiger partial charge in [0.05, 0.1) is 23.2 Å². The van der Waals surface area contributed by atoms with Crippen molar-refractivity contribution in [2.24, 2.45) is 0 Å². The predicted octanol–water partition coefficient (Wildman–Crippen LogP) is 3.53. The number of methoxy groups -OCH3 is 1. The summed E-state index contributed by atoms with van der Waals surface area (Å²) in [6.07, 6.45) is 3.99. The van der Waals surface area contributed by atoms with Gasteiger partial charge in [-0.3, -0.25) is 0 Å². The molecular weight excluding hydrogens is 279 g/mol. The lowest BCUT2D eigenvalue weighted by Crippen LogP contribution is -2.43. The zero-order valence-electron chi connectivity index (χ0n) is 11.5. The molecule has 1 fully saturated rings. The van der Waals surface area contributed by atoms with Crippen LogP contribution in [0.3, 0.4) is 0 Å². The second kappa shape index (κ2) is 5.34. The topological polar surface area (TPSA) is 27.1 Å². The highest BCUT2D eigenvalue weighted by atomic mass is 35.5.